The first-order chi connectivity index (χ1) is 17.5. The number of unbranched alkanes of at least 4 members (excludes halogenated alkanes) is 18. The van der Waals surface area contributed by atoms with Crippen LogP contribution in [0.4, 0.5) is 0 Å². The van der Waals surface area contributed by atoms with E-state index in [-0.39, 0.29) is 0 Å². The molecule has 1 aromatic rings. The zero-order chi connectivity index (χ0) is 26.6. The Morgan fingerprint density at radius 1 is 0.556 bits per heavy atom. The van der Waals surface area contributed by atoms with Crippen molar-refractivity contribution in [3.8, 4) is 0 Å². The molecule has 1 N–H and O–H groups in total. The first-order valence-corrected chi connectivity index (χ1v) is 16.6. The molecule has 0 spiro atoms. The van der Waals surface area contributed by atoms with Gasteiger partial charge >= 0.3 is 7.82 Å². The van der Waals surface area contributed by atoms with Gasteiger partial charge in [-0.1, -0.05) is 165 Å². The lowest BCUT2D eigenvalue weighted by Crippen LogP contribution is -1.99. The Balaban J connectivity index is 0.00000148. The largest absolute Gasteiger partial charge is 0.472 e. The van der Waals surface area contributed by atoms with Crippen molar-refractivity contribution in [2.75, 3.05) is 13.2 Å². The van der Waals surface area contributed by atoms with Gasteiger partial charge in [0.15, 0.2) is 0 Å². The normalized spacial score (nSPS) is 11.3. The van der Waals surface area contributed by atoms with Crippen molar-refractivity contribution >= 4 is 7.82 Å². The maximum Gasteiger partial charge on any atom is 0.472 e. The van der Waals surface area contributed by atoms with E-state index in [1.165, 1.54) is 108 Å². The van der Waals surface area contributed by atoms with E-state index in [2.05, 4.69) is 32.9 Å². The lowest BCUT2D eigenvalue weighted by Gasteiger charge is -2.12. The fraction of sp³-hybridized carbons (Fsp3) is 0.806. The van der Waals surface area contributed by atoms with Gasteiger partial charge in [-0.2, -0.15) is 0 Å². The number of hydrogen-bond donors (Lipinski definition) is 1. The van der Waals surface area contributed by atoms with Gasteiger partial charge in [-0.05, 0) is 19.8 Å². The summed E-state index contributed by atoms with van der Waals surface area (Å²) in [5, 5.41) is 0. The van der Waals surface area contributed by atoms with Crippen LogP contribution in [0.25, 0.3) is 0 Å². The van der Waals surface area contributed by atoms with Gasteiger partial charge < -0.3 is 4.89 Å². The van der Waals surface area contributed by atoms with Crippen molar-refractivity contribution < 1.29 is 18.5 Å². The third-order valence-corrected chi connectivity index (χ3v) is 7.46. The van der Waals surface area contributed by atoms with E-state index in [4.69, 9.17) is 9.05 Å². The van der Waals surface area contributed by atoms with Crippen molar-refractivity contribution in [1.82, 2.24) is 0 Å². The summed E-state index contributed by atoms with van der Waals surface area (Å²) in [7, 11) is -3.85. The van der Waals surface area contributed by atoms with Crippen LogP contribution in [0.3, 0.4) is 0 Å². The number of benzene rings is 1. The lowest BCUT2D eigenvalue weighted by molar-refractivity contribution is 0.145. The standard InChI is InChI=1S/C24H51O4P.C7H8/c1-3-5-7-9-11-13-15-17-19-21-23-27-29(25,26)28-24-22-20-18-16-14-12-10-8-6-4-2;1-7-5-3-2-4-6-7/h3-24H2,1-2H3,(H,25,26);2-6H,1H3. The summed E-state index contributed by atoms with van der Waals surface area (Å²) in [4.78, 5) is 9.71. The molecular weight excluding hydrogens is 467 g/mol. The topological polar surface area (TPSA) is 55.8 Å². The monoisotopic (exact) mass is 526 g/mol. The summed E-state index contributed by atoms with van der Waals surface area (Å²) in [6.07, 6.45) is 24.8. The Morgan fingerprint density at radius 2 is 0.861 bits per heavy atom. The SMILES string of the molecule is CCCCCCCCCCCCOP(=O)(O)OCCCCCCCCCCCC.Cc1ccccc1. The summed E-state index contributed by atoms with van der Waals surface area (Å²) in [6, 6.07) is 10.3. The number of phosphoric acid groups is 1. The molecule has 0 aliphatic heterocycles. The highest BCUT2D eigenvalue weighted by atomic mass is 31.2. The summed E-state index contributed by atoms with van der Waals surface area (Å²) < 4.78 is 22.0. The molecule has 0 saturated heterocycles. The highest BCUT2D eigenvalue weighted by Crippen LogP contribution is 2.43. The van der Waals surface area contributed by atoms with Gasteiger partial charge in [0.25, 0.3) is 0 Å². The molecule has 0 aliphatic carbocycles. The molecule has 1 aromatic carbocycles. The van der Waals surface area contributed by atoms with Crippen molar-refractivity contribution in [3.05, 3.63) is 35.9 Å². The van der Waals surface area contributed by atoms with Crippen molar-refractivity contribution in [3.63, 3.8) is 0 Å². The molecular formula is C31H59O4P. The summed E-state index contributed by atoms with van der Waals surface area (Å²) in [6.45, 7) is 7.22. The summed E-state index contributed by atoms with van der Waals surface area (Å²) in [5.74, 6) is 0. The van der Waals surface area contributed by atoms with E-state index in [0.29, 0.717) is 13.2 Å². The molecule has 212 valence electrons. The number of rotatable bonds is 24. The van der Waals surface area contributed by atoms with Gasteiger partial charge in [0.05, 0.1) is 13.2 Å². The average Bonchev–Trinajstić information content (AvgIpc) is 2.86. The van der Waals surface area contributed by atoms with Gasteiger partial charge in [-0.3, -0.25) is 9.05 Å². The van der Waals surface area contributed by atoms with E-state index >= 15 is 0 Å². The van der Waals surface area contributed by atoms with Gasteiger partial charge in [0.1, 0.15) is 0 Å². The molecule has 0 bridgehead atoms. The first kappa shape index (κ1) is 35.3. The molecule has 0 aliphatic rings. The van der Waals surface area contributed by atoms with E-state index in [1.54, 1.807) is 0 Å². The zero-order valence-corrected chi connectivity index (χ0v) is 25.0. The Bertz CT molecular complexity index is 563. The molecule has 1 rings (SSSR count). The molecule has 0 saturated carbocycles. The van der Waals surface area contributed by atoms with E-state index in [1.807, 2.05) is 18.2 Å². The second-order valence-corrected chi connectivity index (χ2v) is 11.6. The van der Waals surface area contributed by atoms with Gasteiger partial charge in [-0.15, -0.1) is 0 Å². The van der Waals surface area contributed by atoms with Crippen LogP contribution < -0.4 is 0 Å². The Hall–Kier alpha value is -0.670. The molecule has 0 atom stereocenters. The molecule has 0 radical (unpaired) electrons. The van der Waals surface area contributed by atoms with E-state index < -0.39 is 7.82 Å². The van der Waals surface area contributed by atoms with Gasteiger partial charge in [0, 0.05) is 0 Å². The van der Waals surface area contributed by atoms with Crippen LogP contribution in [0.2, 0.25) is 0 Å². The quantitative estimate of drug-likeness (QED) is 0.107. The Morgan fingerprint density at radius 3 is 1.14 bits per heavy atom. The van der Waals surface area contributed by atoms with Gasteiger partial charge in [0.2, 0.25) is 0 Å². The maximum absolute atomic E-state index is 11.8. The van der Waals surface area contributed by atoms with Crippen LogP contribution in [-0.4, -0.2) is 18.1 Å². The zero-order valence-electron chi connectivity index (χ0n) is 24.1. The Kier molecular flexibility index (Phi) is 26.9. The maximum atomic E-state index is 11.8. The van der Waals surface area contributed by atoms with Crippen LogP contribution in [0, 0.1) is 6.92 Å². The molecule has 0 amide bonds. The number of aryl methyl sites for hydroxylation is 1. The molecule has 0 heterocycles. The number of hydrogen-bond acceptors (Lipinski definition) is 3. The minimum atomic E-state index is -3.85. The van der Waals surface area contributed by atoms with E-state index in [9.17, 15) is 9.46 Å². The third kappa shape index (κ3) is 27.9. The predicted octanol–water partition coefficient (Wildman–Crippen LogP) is 11.0. The summed E-state index contributed by atoms with van der Waals surface area (Å²) in [5.41, 5.74) is 1.32. The average molecular weight is 527 g/mol. The third-order valence-electron chi connectivity index (χ3n) is 6.45. The predicted molar refractivity (Wildman–Crippen MR) is 157 cm³/mol. The molecule has 0 aromatic heterocycles. The van der Waals surface area contributed by atoms with Crippen molar-refractivity contribution in [1.29, 1.82) is 0 Å². The fourth-order valence-corrected chi connectivity index (χ4v) is 4.90. The Labute approximate surface area is 224 Å². The van der Waals surface area contributed by atoms with Gasteiger partial charge in [-0.25, -0.2) is 4.57 Å². The second-order valence-electron chi connectivity index (χ2n) is 10.2. The van der Waals surface area contributed by atoms with E-state index in [0.717, 1.165) is 25.7 Å². The highest BCUT2D eigenvalue weighted by molar-refractivity contribution is 7.47. The second kappa shape index (κ2) is 27.4. The summed E-state index contributed by atoms with van der Waals surface area (Å²) >= 11 is 0. The molecule has 5 heteroatoms. The van der Waals surface area contributed by atoms with Crippen LogP contribution in [0.5, 0.6) is 0 Å². The smallest absolute Gasteiger partial charge is 0.302 e. The minimum Gasteiger partial charge on any atom is -0.302 e. The molecule has 0 unspecified atom stereocenters. The molecule has 4 nitrogen and oxygen atoms in total. The molecule has 0 fully saturated rings. The fourth-order valence-electron chi connectivity index (χ4n) is 4.11. The highest BCUT2D eigenvalue weighted by Gasteiger charge is 2.19. The van der Waals surface area contributed by atoms with Crippen molar-refractivity contribution in [2.24, 2.45) is 0 Å². The lowest BCUT2D eigenvalue weighted by atomic mass is 10.1. The van der Waals surface area contributed by atoms with Crippen LogP contribution in [-0.2, 0) is 13.6 Å². The van der Waals surface area contributed by atoms with Crippen LogP contribution >= 0.6 is 7.82 Å². The first-order valence-electron chi connectivity index (χ1n) is 15.1. The van der Waals surface area contributed by atoms with Crippen LogP contribution in [0.15, 0.2) is 30.3 Å². The minimum absolute atomic E-state index is 0.322. The van der Waals surface area contributed by atoms with Crippen molar-refractivity contribution in [2.45, 2.75) is 149 Å². The number of phosphoric ester groups is 1. The van der Waals surface area contributed by atoms with Crippen LogP contribution in [0.1, 0.15) is 148 Å². The molecule has 36 heavy (non-hydrogen) atoms.